The van der Waals surface area contributed by atoms with Crippen molar-refractivity contribution in [2.24, 2.45) is 17.6 Å². The minimum absolute atomic E-state index is 0. The van der Waals surface area contributed by atoms with Gasteiger partial charge in [0.1, 0.15) is 5.75 Å². The lowest BCUT2D eigenvalue weighted by molar-refractivity contribution is -0.133. The predicted molar refractivity (Wildman–Crippen MR) is 114 cm³/mol. The van der Waals surface area contributed by atoms with E-state index in [9.17, 15) is 14.7 Å². The SMILES string of the molecule is Cc1cc(Cl)cc(CNC(=O)[C@@H](C)C(CCc2ccccc2)C(N)=O)c1O.Cl. The van der Waals surface area contributed by atoms with E-state index in [4.69, 9.17) is 17.3 Å². The summed E-state index contributed by atoms with van der Waals surface area (Å²) in [5.41, 5.74) is 7.79. The molecule has 0 radical (unpaired) electrons. The monoisotopic (exact) mass is 424 g/mol. The number of carbonyl (C=O) groups excluding carboxylic acids is 2. The molecule has 2 aromatic carbocycles. The van der Waals surface area contributed by atoms with Gasteiger partial charge in [0, 0.05) is 29.0 Å². The van der Waals surface area contributed by atoms with Crippen LogP contribution in [0.25, 0.3) is 0 Å². The number of rotatable bonds is 8. The number of carbonyl (C=O) groups is 2. The summed E-state index contributed by atoms with van der Waals surface area (Å²) in [5.74, 6) is -1.82. The lowest BCUT2D eigenvalue weighted by Crippen LogP contribution is -2.39. The van der Waals surface area contributed by atoms with Gasteiger partial charge in [-0.15, -0.1) is 12.4 Å². The second-order valence-corrected chi connectivity index (χ2v) is 7.21. The van der Waals surface area contributed by atoms with Gasteiger partial charge in [0.25, 0.3) is 0 Å². The largest absolute Gasteiger partial charge is 0.507 e. The molecule has 1 unspecified atom stereocenters. The first kappa shape index (κ1) is 23.8. The number of halogens is 2. The number of aryl methyl sites for hydroxylation is 2. The average molecular weight is 425 g/mol. The molecule has 152 valence electrons. The highest BCUT2D eigenvalue weighted by molar-refractivity contribution is 6.30. The van der Waals surface area contributed by atoms with E-state index in [1.54, 1.807) is 26.0 Å². The fraction of sp³-hybridized carbons (Fsp3) is 0.333. The van der Waals surface area contributed by atoms with Crippen LogP contribution in [0, 0.1) is 18.8 Å². The molecular formula is C21H26Cl2N2O3. The van der Waals surface area contributed by atoms with Crippen LogP contribution in [-0.4, -0.2) is 16.9 Å². The smallest absolute Gasteiger partial charge is 0.223 e. The summed E-state index contributed by atoms with van der Waals surface area (Å²) in [6.45, 7) is 3.56. The third kappa shape index (κ3) is 6.43. The van der Waals surface area contributed by atoms with E-state index in [1.165, 1.54) is 0 Å². The van der Waals surface area contributed by atoms with Crippen molar-refractivity contribution in [3.05, 3.63) is 64.2 Å². The number of aromatic hydroxyl groups is 1. The highest BCUT2D eigenvalue weighted by Crippen LogP contribution is 2.26. The first-order valence-electron chi connectivity index (χ1n) is 8.88. The molecule has 28 heavy (non-hydrogen) atoms. The Balaban J connectivity index is 0.00000392. The zero-order valence-electron chi connectivity index (χ0n) is 15.9. The lowest BCUT2D eigenvalue weighted by Gasteiger charge is -2.21. The molecule has 4 N–H and O–H groups in total. The molecule has 7 heteroatoms. The minimum atomic E-state index is -0.575. The van der Waals surface area contributed by atoms with Gasteiger partial charge >= 0.3 is 0 Å². The van der Waals surface area contributed by atoms with Crippen molar-refractivity contribution in [2.75, 3.05) is 0 Å². The van der Waals surface area contributed by atoms with Crippen molar-refractivity contribution >= 4 is 35.8 Å². The molecule has 0 heterocycles. The van der Waals surface area contributed by atoms with E-state index < -0.39 is 17.7 Å². The van der Waals surface area contributed by atoms with Gasteiger partial charge in [0.2, 0.25) is 11.8 Å². The summed E-state index contributed by atoms with van der Waals surface area (Å²) < 4.78 is 0. The number of nitrogens with two attached hydrogens (primary N) is 1. The molecule has 2 atom stereocenters. The van der Waals surface area contributed by atoms with Gasteiger partial charge in [-0.05, 0) is 43.0 Å². The molecule has 2 amide bonds. The average Bonchev–Trinajstić information content (AvgIpc) is 2.63. The maximum absolute atomic E-state index is 12.5. The minimum Gasteiger partial charge on any atom is -0.507 e. The number of phenolic OH excluding ortho intramolecular Hbond substituents is 1. The van der Waals surface area contributed by atoms with Gasteiger partial charge in [0.15, 0.2) is 0 Å². The number of phenols is 1. The van der Waals surface area contributed by atoms with E-state index in [1.807, 2.05) is 30.3 Å². The van der Waals surface area contributed by atoms with Gasteiger partial charge in [-0.3, -0.25) is 9.59 Å². The second kappa shape index (κ2) is 10.9. The van der Waals surface area contributed by atoms with Crippen molar-refractivity contribution in [1.82, 2.24) is 5.32 Å². The van der Waals surface area contributed by atoms with Gasteiger partial charge < -0.3 is 16.2 Å². The van der Waals surface area contributed by atoms with E-state index in [2.05, 4.69) is 5.32 Å². The van der Waals surface area contributed by atoms with Crippen molar-refractivity contribution < 1.29 is 14.7 Å². The number of primary amides is 1. The summed E-state index contributed by atoms with van der Waals surface area (Å²) >= 11 is 6.01. The Morgan fingerprint density at radius 2 is 1.86 bits per heavy atom. The second-order valence-electron chi connectivity index (χ2n) is 6.77. The van der Waals surface area contributed by atoms with Crippen LogP contribution in [0.15, 0.2) is 42.5 Å². The number of nitrogens with one attached hydrogen (secondary N) is 1. The highest BCUT2D eigenvalue weighted by atomic mass is 35.5. The summed E-state index contributed by atoms with van der Waals surface area (Å²) in [6.07, 6.45) is 1.16. The molecule has 5 nitrogen and oxygen atoms in total. The number of amides is 2. The molecule has 0 saturated heterocycles. The Kier molecular flexibility index (Phi) is 9.29. The number of benzene rings is 2. The quantitative estimate of drug-likeness (QED) is 0.601. The van der Waals surface area contributed by atoms with Crippen molar-refractivity contribution in [3.8, 4) is 5.75 Å². The third-order valence-corrected chi connectivity index (χ3v) is 4.98. The van der Waals surface area contributed by atoms with Crippen molar-refractivity contribution in [3.63, 3.8) is 0 Å². The van der Waals surface area contributed by atoms with E-state index in [0.29, 0.717) is 29.0 Å². The summed E-state index contributed by atoms with van der Waals surface area (Å²) in [7, 11) is 0. The van der Waals surface area contributed by atoms with Gasteiger partial charge in [-0.2, -0.15) is 0 Å². The van der Waals surface area contributed by atoms with E-state index >= 15 is 0 Å². The van der Waals surface area contributed by atoms with Crippen LogP contribution in [0.4, 0.5) is 0 Å². The van der Waals surface area contributed by atoms with Crippen LogP contribution < -0.4 is 11.1 Å². The molecule has 0 fully saturated rings. The Labute approximate surface area is 176 Å². The predicted octanol–water partition coefficient (Wildman–Crippen LogP) is 3.76. The Hall–Kier alpha value is -2.24. The fourth-order valence-corrected chi connectivity index (χ4v) is 3.37. The molecule has 0 aliphatic carbocycles. The molecule has 0 aliphatic heterocycles. The van der Waals surface area contributed by atoms with E-state index in [0.717, 1.165) is 5.56 Å². The Bertz CT molecular complexity index is 813. The van der Waals surface area contributed by atoms with Crippen LogP contribution in [0.5, 0.6) is 5.75 Å². The molecule has 0 aromatic heterocycles. The van der Waals surface area contributed by atoms with Crippen molar-refractivity contribution in [2.45, 2.75) is 33.2 Å². The standard InChI is InChI=1S/C21H25ClN2O3.ClH/c1-13-10-17(22)11-16(19(13)25)12-24-21(27)14(2)18(20(23)26)9-8-15-6-4-3-5-7-15;/h3-7,10-11,14,18,25H,8-9,12H2,1-2H3,(H2,23,26)(H,24,27);1H/t14-,18?;/m0./s1. The van der Waals surface area contributed by atoms with Gasteiger partial charge in [0.05, 0.1) is 0 Å². The van der Waals surface area contributed by atoms with E-state index in [-0.39, 0.29) is 30.6 Å². The molecule has 0 saturated carbocycles. The third-order valence-electron chi connectivity index (χ3n) is 4.77. The van der Waals surface area contributed by atoms with Crippen LogP contribution in [-0.2, 0) is 22.6 Å². The zero-order valence-corrected chi connectivity index (χ0v) is 17.5. The fourth-order valence-electron chi connectivity index (χ4n) is 3.07. The lowest BCUT2D eigenvalue weighted by atomic mass is 9.87. The maximum atomic E-state index is 12.5. The Morgan fingerprint density at radius 1 is 1.21 bits per heavy atom. The molecule has 2 rings (SSSR count). The zero-order chi connectivity index (χ0) is 20.0. The molecular weight excluding hydrogens is 399 g/mol. The van der Waals surface area contributed by atoms with Crippen LogP contribution in [0.2, 0.25) is 5.02 Å². The Morgan fingerprint density at radius 3 is 2.46 bits per heavy atom. The summed E-state index contributed by atoms with van der Waals surface area (Å²) in [6, 6.07) is 13.0. The van der Waals surface area contributed by atoms with Crippen LogP contribution >= 0.6 is 24.0 Å². The summed E-state index contributed by atoms with van der Waals surface area (Å²) in [4.78, 5) is 24.4. The molecule has 0 aliphatic rings. The van der Waals surface area contributed by atoms with Gasteiger partial charge in [-0.1, -0.05) is 48.9 Å². The van der Waals surface area contributed by atoms with Crippen molar-refractivity contribution in [1.29, 1.82) is 0 Å². The van der Waals surface area contributed by atoms with Gasteiger partial charge in [-0.25, -0.2) is 0 Å². The number of hydrogen-bond acceptors (Lipinski definition) is 3. The first-order chi connectivity index (χ1) is 12.8. The highest BCUT2D eigenvalue weighted by Gasteiger charge is 2.28. The first-order valence-corrected chi connectivity index (χ1v) is 9.26. The number of hydrogen-bond donors (Lipinski definition) is 3. The molecule has 0 spiro atoms. The van der Waals surface area contributed by atoms with Crippen LogP contribution in [0.3, 0.4) is 0 Å². The molecule has 2 aromatic rings. The topological polar surface area (TPSA) is 92.4 Å². The molecule has 0 bridgehead atoms. The van der Waals surface area contributed by atoms with Crippen LogP contribution in [0.1, 0.15) is 30.0 Å². The maximum Gasteiger partial charge on any atom is 0.223 e. The normalized spacial score (nSPS) is 12.5. The summed E-state index contributed by atoms with van der Waals surface area (Å²) in [5, 5.41) is 13.3.